The van der Waals surface area contributed by atoms with Gasteiger partial charge in [0.2, 0.25) is 0 Å². The van der Waals surface area contributed by atoms with Crippen LogP contribution in [0.25, 0.3) is 5.43 Å². The lowest BCUT2D eigenvalue weighted by molar-refractivity contribution is -0.564. The topological polar surface area (TPSA) is 54.8 Å². The molecule has 1 aromatic carbocycles. The van der Waals surface area contributed by atoms with Crippen LogP contribution in [-0.4, -0.2) is 7.05 Å². The average Bonchev–Trinajstić information content (AvgIpc) is 2.50. The first-order valence-corrected chi connectivity index (χ1v) is 3.51. The Balaban J connectivity index is 2.41. The summed E-state index contributed by atoms with van der Waals surface area (Å²) >= 11 is 0. The number of hydrogen-bond donors (Lipinski definition) is 3. The standard InChI is InChI=1S/C7H10N4/c1-8-5-2-3-6-7(4-5)10-11-9-6/h2-4,8,10H,11H2,1H3. The molecule has 0 fully saturated rings. The lowest BCUT2D eigenvalue weighted by Crippen LogP contribution is -2.80. The van der Waals surface area contributed by atoms with Crippen molar-refractivity contribution >= 4 is 17.1 Å². The van der Waals surface area contributed by atoms with E-state index >= 15 is 0 Å². The summed E-state index contributed by atoms with van der Waals surface area (Å²) in [6, 6.07) is 6.02. The van der Waals surface area contributed by atoms with Crippen molar-refractivity contribution in [3.05, 3.63) is 23.6 Å². The van der Waals surface area contributed by atoms with E-state index in [4.69, 9.17) is 0 Å². The van der Waals surface area contributed by atoms with Crippen LogP contribution in [0.15, 0.2) is 18.2 Å². The third-order valence-electron chi connectivity index (χ3n) is 1.71. The maximum Gasteiger partial charge on any atom is 0.0756 e. The minimum absolute atomic E-state index is 1.00. The second-order valence-electron chi connectivity index (χ2n) is 2.38. The van der Waals surface area contributed by atoms with Crippen molar-refractivity contribution in [2.45, 2.75) is 0 Å². The van der Waals surface area contributed by atoms with E-state index < -0.39 is 0 Å². The zero-order valence-electron chi connectivity index (χ0n) is 6.26. The third kappa shape index (κ3) is 0.969. The van der Waals surface area contributed by atoms with Gasteiger partial charge in [0.05, 0.1) is 5.69 Å². The fourth-order valence-corrected chi connectivity index (χ4v) is 1.09. The quantitative estimate of drug-likeness (QED) is 0.512. The first kappa shape index (κ1) is 6.30. The van der Waals surface area contributed by atoms with Crippen molar-refractivity contribution in [2.24, 2.45) is 0 Å². The van der Waals surface area contributed by atoms with E-state index in [2.05, 4.69) is 16.2 Å². The van der Waals surface area contributed by atoms with E-state index in [1.165, 1.54) is 0 Å². The van der Waals surface area contributed by atoms with Gasteiger partial charge in [-0.25, -0.2) is 5.43 Å². The number of quaternary nitrogens is 1. The predicted molar refractivity (Wildman–Crippen MR) is 44.6 cm³/mol. The highest BCUT2D eigenvalue weighted by Gasteiger charge is 2.02. The van der Waals surface area contributed by atoms with E-state index in [0.717, 1.165) is 17.1 Å². The average molecular weight is 150 g/mol. The summed E-state index contributed by atoms with van der Waals surface area (Å²) < 4.78 is 0. The van der Waals surface area contributed by atoms with Crippen molar-refractivity contribution in [1.29, 1.82) is 0 Å². The van der Waals surface area contributed by atoms with Gasteiger partial charge in [0.1, 0.15) is 0 Å². The molecule has 2 rings (SSSR count). The van der Waals surface area contributed by atoms with E-state index in [1.807, 2.05) is 25.2 Å². The number of rotatable bonds is 1. The maximum atomic E-state index is 4.11. The highest BCUT2D eigenvalue weighted by atomic mass is 15.6. The minimum atomic E-state index is 1.00. The first-order chi connectivity index (χ1) is 5.40. The Hall–Kier alpha value is -1.42. The van der Waals surface area contributed by atoms with Crippen LogP contribution in [0, 0.1) is 0 Å². The van der Waals surface area contributed by atoms with Crippen LogP contribution >= 0.6 is 0 Å². The molecule has 0 saturated carbocycles. The molecule has 0 unspecified atom stereocenters. The largest absolute Gasteiger partial charge is 0.462 e. The Morgan fingerprint density at radius 3 is 3.27 bits per heavy atom. The fraction of sp³-hybridized carbons (Fsp3) is 0.143. The fourth-order valence-electron chi connectivity index (χ4n) is 1.09. The Kier molecular flexibility index (Phi) is 1.33. The molecule has 1 heterocycles. The van der Waals surface area contributed by atoms with Gasteiger partial charge < -0.3 is 10.7 Å². The molecule has 1 aromatic rings. The lowest BCUT2D eigenvalue weighted by atomic mass is 10.2. The van der Waals surface area contributed by atoms with Gasteiger partial charge in [-0.15, -0.1) is 0 Å². The second-order valence-corrected chi connectivity index (χ2v) is 2.38. The zero-order chi connectivity index (χ0) is 7.68. The molecule has 1 aliphatic heterocycles. The molecule has 4 heteroatoms. The summed E-state index contributed by atoms with van der Waals surface area (Å²) in [5.74, 6) is 0. The van der Waals surface area contributed by atoms with Crippen LogP contribution in [0.3, 0.4) is 0 Å². The van der Waals surface area contributed by atoms with Crippen molar-refractivity contribution in [1.82, 2.24) is 0 Å². The molecule has 0 saturated heterocycles. The number of nitrogen functional groups attached to an aromatic ring is 1. The molecule has 11 heavy (non-hydrogen) atoms. The number of anilines is 2. The summed E-state index contributed by atoms with van der Waals surface area (Å²) in [4.78, 5) is 0. The number of nitrogens with one attached hydrogen (secondary N) is 2. The summed E-state index contributed by atoms with van der Waals surface area (Å²) in [7, 11) is 1.90. The van der Waals surface area contributed by atoms with Gasteiger partial charge in [-0.1, -0.05) is 11.8 Å². The molecule has 4 nitrogen and oxygen atoms in total. The monoisotopic (exact) mass is 150 g/mol. The van der Waals surface area contributed by atoms with Crippen molar-refractivity contribution in [3.8, 4) is 0 Å². The normalized spacial score (nSPS) is 13.2. The number of nitrogens with two attached hydrogens (primary N) is 1. The van der Waals surface area contributed by atoms with Crippen LogP contribution in [-0.2, 0) is 0 Å². The van der Waals surface area contributed by atoms with E-state index in [0.29, 0.717) is 0 Å². The third-order valence-corrected chi connectivity index (χ3v) is 1.71. The molecule has 0 atom stereocenters. The SMILES string of the molecule is CNc1ccc2c(c1)N[NH2+][N-]2. The highest BCUT2D eigenvalue weighted by Crippen LogP contribution is 2.30. The number of hydrogen-bond acceptors (Lipinski definition) is 2. The van der Waals surface area contributed by atoms with Crippen LogP contribution in [0.2, 0.25) is 0 Å². The summed E-state index contributed by atoms with van der Waals surface area (Å²) in [5, 5.41) is 3.06. The molecule has 0 spiro atoms. The Labute approximate surface area is 64.9 Å². The van der Waals surface area contributed by atoms with Gasteiger partial charge in [0, 0.05) is 12.7 Å². The Morgan fingerprint density at radius 2 is 2.45 bits per heavy atom. The summed E-state index contributed by atoms with van der Waals surface area (Å²) in [5.41, 5.74) is 12.0. The molecule has 0 aliphatic carbocycles. The maximum absolute atomic E-state index is 4.11. The molecule has 58 valence electrons. The number of benzene rings is 1. The van der Waals surface area contributed by atoms with Gasteiger partial charge in [-0.3, -0.25) is 5.53 Å². The highest BCUT2D eigenvalue weighted by molar-refractivity contribution is 5.75. The van der Waals surface area contributed by atoms with Gasteiger partial charge in [-0.2, -0.15) is 0 Å². The predicted octanol–water partition coefficient (Wildman–Crippen LogP) is 0.552. The first-order valence-electron chi connectivity index (χ1n) is 3.51. The zero-order valence-corrected chi connectivity index (χ0v) is 6.26. The lowest BCUT2D eigenvalue weighted by Gasteiger charge is -2.05. The minimum Gasteiger partial charge on any atom is -0.462 e. The van der Waals surface area contributed by atoms with Gasteiger partial charge in [-0.05, 0) is 12.1 Å². The molecule has 4 N–H and O–H groups in total. The van der Waals surface area contributed by atoms with Crippen LogP contribution in [0.1, 0.15) is 0 Å². The molecular formula is C7H10N4. The van der Waals surface area contributed by atoms with E-state index in [9.17, 15) is 0 Å². The Morgan fingerprint density at radius 1 is 1.55 bits per heavy atom. The molecule has 1 aliphatic rings. The molecular weight excluding hydrogens is 140 g/mol. The van der Waals surface area contributed by atoms with Crippen molar-refractivity contribution < 1.29 is 5.53 Å². The van der Waals surface area contributed by atoms with Crippen LogP contribution in [0.5, 0.6) is 0 Å². The van der Waals surface area contributed by atoms with E-state index in [-0.39, 0.29) is 0 Å². The van der Waals surface area contributed by atoms with Gasteiger partial charge >= 0.3 is 0 Å². The molecule has 0 aromatic heterocycles. The van der Waals surface area contributed by atoms with Gasteiger partial charge in [0.15, 0.2) is 0 Å². The van der Waals surface area contributed by atoms with Crippen LogP contribution < -0.4 is 16.3 Å². The van der Waals surface area contributed by atoms with Crippen molar-refractivity contribution in [3.63, 3.8) is 0 Å². The van der Waals surface area contributed by atoms with E-state index in [1.54, 1.807) is 5.53 Å². The summed E-state index contributed by atoms with van der Waals surface area (Å²) in [6.45, 7) is 0. The smallest absolute Gasteiger partial charge is 0.0756 e. The number of fused-ring (bicyclic) bond motifs is 1. The second kappa shape index (κ2) is 2.32. The molecule has 0 bridgehead atoms. The Bertz CT molecular complexity index is 271. The van der Waals surface area contributed by atoms with Crippen molar-refractivity contribution in [2.75, 3.05) is 17.8 Å². The van der Waals surface area contributed by atoms with Crippen LogP contribution in [0.4, 0.5) is 17.1 Å². The van der Waals surface area contributed by atoms with Gasteiger partial charge in [0.25, 0.3) is 0 Å². The molecule has 0 amide bonds. The summed E-state index contributed by atoms with van der Waals surface area (Å²) in [6.07, 6.45) is 0. The number of nitrogens with zero attached hydrogens (tertiary/aromatic N) is 1. The molecule has 0 radical (unpaired) electrons.